The predicted octanol–water partition coefficient (Wildman–Crippen LogP) is 4.97. The molecule has 0 N–H and O–H groups in total. The van der Waals surface area contributed by atoms with Crippen molar-refractivity contribution < 1.29 is 4.42 Å². The molecule has 5 nitrogen and oxygen atoms in total. The Balaban J connectivity index is 1.44. The van der Waals surface area contributed by atoms with E-state index in [4.69, 9.17) is 4.42 Å². The maximum absolute atomic E-state index is 5.60. The Bertz CT molecular complexity index is 1060. The van der Waals surface area contributed by atoms with Crippen molar-refractivity contribution in [1.82, 2.24) is 14.8 Å². The quantitative estimate of drug-likeness (QED) is 0.435. The molecule has 28 heavy (non-hydrogen) atoms. The van der Waals surface area contributed by atoms with Crippen molar-refractivity contribution in [1.29, 1.82) is 0 Å². The van der Waals surface area contributed by atoms with Crippen LogP contribution in [0.4, 0.5) is 5.95 Å². The summed E-state index contributed by atoms with van der Waals surface area (Å²) >= 11 is 1.74. The first-order valence-corrected chi connectivity index (χ1v) is 10.7. The van der Waals surface area contributed by atoms with Crippen molar-refractivity contribution in [3.63, 3.8) is 0 Å². The zero-order chi connectivity index (χ0) is 18.8. The van der Waals surface area contributed by atoms with E-state index in [-0.39, 0.29) is 0 Å². The SMILES string of the molecule is c1coc(Cn2c(SCc3cccc4ccccc34)nnc2N2CCCC2)c1. The highest BCUT2D eigenvalue weighted by molar-refractivity contribution is 7.98. The summed E-state index contributed by atoms with van der Waals surface area (Å²) in [6.45, 7) is 2.75. The molecule has 1 aliphatic heterocycles. The van der Waals surface area contributed by atoms with E-state index in [1.807, 2.05) is 12.1 Å². The lowest BCUT2D eigenvalue weighted by atomic mass is 10.1. The lowest BCUT2D eigenvalue weighted by Gasteiger charge is -2.17. The number of furan rings is 1. The molecule has 2 aromatic heterocycles. The second-order valence-corrected chi connectivity index (χ2v) is 8.01. The van der Waals surface area contributed by atoms with Gasteiger partial charge in [-0.3, -0.25) is 4.57 Å². The van der Waals surface area contributed by atoms with Crippen LogP contribution in [0.3, 0.4) is 0 Å². The fourth-order valence-electron chi connectivity index (χ4n) is 3.80. The Kier molecular flexibility index (Phi) is 4.79. The Hall–Kier alpha value is -2.73. The van der Waals surface area contributed by atoms with Crippen LogP contribution in [-0.2, 0) is 12.3 Å². The molecule has 0 aliphatic carbocycles. The van der Waals surface area contributed by atoms with Crippen LogP contribution >= 0.6 is 11.8 Å². The largest absolute Gasteiger partial charge is 0.467 e. The van der Waals surface area contributed by atoms with E-state index >= 15 is 0 Å². The number of benzene rings is 2. The van der Waals surface area contributed by atoms with Gasteiger partial charge in [-0.1, -0.05) is 54.2 Å². The molecule has 0 atom stereocenters. The third-order valence-corrected chi connectivity index (χ3v) is 6.23. The molecule has 3 heterocycles. The second kappa shape index (κ2) is 7.72. The van der Waals surface area contributed by atoms with Gasteiger partial charge in [0.05, 0.1) is 12.8 Å². The minimum atomic E-state index is 0.656. The van der Waals surface area contributed by atoms with E-state index < -0.39 is 0 Å². The lowest BCUT2D eigenvalue weighted by Crippen LogP contribution is -2.22. The molecule has 4 aromatic rings. The molecule has 1 fully saturated rings. The molecule has 6 heteroatoms. The van der Waals surface area contributed by atoms with Gasteiger partial charge in [-0.15, -0.1) is 10.2 Å². The van der Waals surface area contributed by atoms with Crippen LogP contribution in [0.5, 0.6) is 0 Å². The Morgan fingerprint density at radius 2 is 1.79 bits per heavy atom. The summed E-state index contributed by atoms with van der Waals surface area (Å²) in [5, 5.41) is 12.6. The summed E-state index contributed by atoms with van der Waals surface area (Å²) < 4.78 is 7.79. The normalized spacial score (nSPS) is 14.2. The zero-order valence-corrected chi connectivity index (χ0v) is 16.4. The molecule has 0 unspecified atom stereocenters. The average molecular weight is 391 g/mol. The number of thioether (sulfide) groups is 1. The highest BCUT2D eigenvalue weighted by Crippen LogP contribution is 2.30. The number of anilines is 1. The number of hydrogen-bond acceptors (Lipinski definition) is 5. The minimum absolute atomic E-state index is 0.656. The van der Waals surface area contributed by atoms with E-state index in [9.17, 15) is 0 Å². The standard InChI is InChI=1S/C22H22N4OS/c1-2-11-20-17(7-1)8-5-9-18(20)16-28-22-24-23-21(25-12-3-4-13-25)26(22)15-19-10-6-14-27-19/h1-2,5-11,14H,3-4,12-13,15-16H2. The van der Waals surface area contributed by atoms with Crippen LogP contribution in [0, 0.1) is 0 Å². The van der Waals surface area contributed by atoms with E-state index in [0.717, 1.165) is 35.7 Å². The van der Waals surface area contributed by atoms with Crippen molar-refractivity contribution in [3.8, 4) is 0 Å². The van der Waals surface area contributed by atoms with Crippen LogP contribution in [-0.4, -0.2) is 27.9 Å². The van der Waals surface area contributed by atoms with Gasteiger partial charge < -0.3 is 9.32 Å². The van der Waals surface area contributed by atoms with Crippen LogP contribution in [0.2, 0.25) is 0 Å². The minimum Gasteiger partial charge on any atom is -0.467 e. The van der Waals surface area contributed by atoms with Gasteiger partial charge in [-0.25, -0.2) is 0 Å². The van der Waals surface area contributed by atoms with Crippen molar-refractivity contribution in [2.45, 2.75) is 30.3 Å². The second-order valence-electron chi connectivity index (χ2n) is 7.07. The smallest absolute Gasteiger partial charge is 0.228 e. The predicted molar refractivity (Wildman–Crippen MR) is 113 cm³/mol. The fraction of sp³-hybridized carbons (Fsp3) is 0.273. The average Bonchev–Trinajstić information content (AvgIpc) is 3.49. The van der Waals surface area contributed by atoms with Gasteiger partial charge in [0.15, 0.2) is 5.16 Å². The molecule has 0 amide bonds. The molecule has 1 aliphatic rings. The number of nitrogens with zero attached hydrogens (tertiary/aromatic N) is 4. The van der Waals surface area contributed by atoms with Gasteiger partial charge in [0, 0.05) is 18.8 Å². The zero-order valence-electron chi connectivity index (χ0n) is 15.6. The highest BCUT2D eigenvalue weighted by Gasteiger charge is 2.22. The van der Waals surface area contributed by atoms with E-state index in [2.05, 4.69) is 62.1 Å². The van der Waals surface area contributed by atoms with Gasteiger partial charge in [0.1, 0.15) is 5.76 Å². The van der Waals surface area contributed by atoms with Crippen LogP contribution in [0.1, 0.15) is 24.2 Å². The van der Waals surface area contributed by atoms with E-state index in [0.29, 0.717) is 6.54 Å². The van der Waals surface area contributed by atoms with E-state index in [1.54, 1.807) is 18.0 Å². The first-order chi connectivity index (χ1) is 13.9. The van der Waals surface area contributed by atoms with Crippen molar-refractivity contribution in [2.75, 3.05) is 18.0 Å². The fourth-order valence-corrected chi connectivity index (χ4v) is 4.73. The van der Waals surface area contributed by atoms with Crippen LogP contribution < -0.4 is 4.90 Å². The van der Waals surface area contributed by atoms with Crippen LogP contribution in [0.25, 0.3) is 10.8 Å². The van der Waals surface area contributed by atoms with Gasteiger partial charge in [-0.2, -0.15) is 0 Å². The molecule has 5 rings (SSSR count). The molecule has 0 bridgehead atoms. The third-order valence-electron chi connectivity index (χ3n) is 5.22. The Morgan fingerprint density at radius 1 is 0.929 bits per heavy atom. The number of fused-ring (bicyclic) bond motifs is 1. The molecule has 0 spiro atoms. The van der Waals surface area contributed by atoms with Gasteiger partial charge in [-0.05, 0) is 41.3 Å². The number of aromatic nitrogens is 3. The maximum atomic E-state index is 5.60. The molecule has 142 valence electrons. The Labute approximate surface area is 168 Å². The number of hydrogen-bond donors (Lipinski definition) is 0. The molecular formula is C22H22N4OS. The third kappa shape index (κ3) is 3.40. The maximum Gasteiger partial charge on any atom is 0.228 e. The summed E-state index contributed by atoms with van der Waals surface area (Å²) in [5.41, 5.74) is 1.32. The molecule has 2 aromatic carbocycles. The summed E-state index contributed by atoms with van der Waals surface area (Å²) in [7, 11) is 0. The number of rotatable bonds is 6. The van der Waals surface area contributed by atoms with Crippen molar-refractivity contribution >= 4 is 28.5 Å². The lowest BCUT2D eigenvalue weighted by molar-refractivity contribution is 0.483. The monoisotopic (exact) mass is 390 g/mol. The summed E-state index contributed by atoms with van der Waals surface area (Å²) in [4.78, 5) is 2.33. The van der Waals surface area contributed by atoms with E-state index in [1.165, 1.54) is 29.2 Å². The summed E-state index contributed by atoms with van der Waals surface area (Å²) in [6, 6.07) is 19.0. The topological polar surface area (TPSA) is 47.1 Å². The Morgan fingerprint density at radius 3 is 2.64 bits per heavy atom. The van der Waals surface area contributed by atoms with Crippen molar-refractivity contribution in [3.05, 3.63) is 72.2 Å². The molecule has 0 radical (unpaired) electrons. The van der Waals surface area contributed by atoms with Crippen LogP contribution in [0.15, 0.2) is 70.4 Å². The van der Waals surface area contributed by atoms with Gasteiger partial charge >= 0.3 is 0 Å². The molecule has 1 saturated heterocycles. The summed E-state index contributed by atoms with van der Waals surface area (Å²) in [5.74, 6) is 2.74. The van der Waals surface area contributed by atoms with Crippen molar-refractivity contribution in [2.24, 2.45) is 0 Å². The first kappa shape index (κ1) is 17.4. The van der Waals surface area contributed by atoms with Gasteiger partial charge in [0.2, 0.25) is 5.95 Å². The molecule has 0 saturated carbocycles. The van der Waals surface area contributed by atoms with Gasteiger partial charge in [0.25, 0.3) is 0 Å². The summed E-state index contributed by atoms with van der Waals surface area (Å²) in [6.07, 6.45) is 4.15. The molecular weight excluding hydrogens is 368 g/mol. The highest BCUT2D eigenvalue weighted by atomic mass is 32.2. The first-order valence-electron chi connectivity index (χ1n) is 9.68.